The van der Waals surface area contributed by atoms with E-state index in [1.807, 2.05) is 41.3 Å². The first-order valence-corrected chi connectivity index (χ1v) is 9.99. The van der Waals surface area contributed by atoms with Crippen LogP contribution in [0.4, 0.5) is 0 Å². The predicted octanol–water partition coefficient (Wildman–Crippen LogP) is 3.23. The second-order valence-corrected chi connectivity index (χ2v) is 7.23. The molecule has 1 fully saturated rings. The summed E-state index contributed by atoms with van der Waals surface area (Å²) in [6.45, 7) is 4.16. The molecule has 0 unspecified atom stereocenters. The Labute approximate surface area is 171 Å². The van der Waals surface area contributed by atoms with Crippen molar-refractivity contribution in [1.82, 2.24) is 19.6 Å². The molecule has 0 atom stereocenters. The third-order valence-corrected chi connectivity index (χ3v) is 5.25. The van der Waals surface area contributed by atoms with Crippen molar-refractivity contribution in [2.24, 2.45) is 0 Å². The average Bonchev–Trinajstić information content (AvgIpc) is 3.08. The van der Waals surface area contributed by atoms with Crippen LogP contribution in [0.2, 0.25) is 0 Å². The Morgan fingerprint density at radius 1 is 0.966 bits per heavy atom. The second-order valence-electron chi connectivity index (χ2n) is 7.23. The van der Waals surface area contributed by atoms with Crippen LogP contribution in [-0.2, 0) is 6.54 Å². The normalized spacial score (nSPS) is 15.1. The molecule has 2 heterocycles. The van der Waals surface area contributed by atoms with Crippen LogP contribution in [0.25, 0.3) is 5.69 Å². The van der Waals surface area contributed by atoms with Crippen LogP contribution >= 0.6 is 0 Å². The highest BCUT2D eigenvalue weighted by Gasteiger charge is 2.26. The number of carbonyl (C=O) groups is 1. The zero-order valence-corrected chi connectivity index (χ0v) is 16.7. The third kappa shape index (κ3) is 4.49. The Bertz CT molecular complexity index is 940. The minimum atomic E-state index is -0.0712. The maximum atomic E-state index is 13.2. The molecule has 6 heteroatoms. The van der Waals surface area contributed by atoms with Crippen LogP contribution in [0, 0.1) is 0 Å². The molecule has 1 aliphatic rings. The van der Waals surface area contributed by atoms with Crippen LogP contribution in [-0.4, -0.2) is 58.8 Å². The standard InChI is InChI=1S/C23H26N4O2/c1-29-21-18-27(20-11-6-3-7-12-20)24-22(21)23(28)26-14-8-13-25(15-16-26)17-19-9-4-2-5-10-19/h2-7,9-12,18H,8,13-17H2,1H3. The van der Waals surface area contributed by atoms with Gasteiger partial charge < -0.3 is 9.64 Å². The van der Waals surface area contributed by atoms with Crippen LogP contribution in [0.1, 0.15) is 22.5 Å². The van der Waals surface area contributed by atoms with E-state index >= 15 is 0 Å². The molecule has 0 bridgehead atoms. The van der Waals surface area contributed by atoms with Crippen molar-refractivity contribution in [2.45, 2.75) is 13.0 Å². The van der Waals surface area contributed by atoms with Crippen LogP contribution < -0.4 is 4.74 Å². The van der Waals surface area contributed by atoms with Crippen molar-refractivity contribution in [3.8, 4) is 11.4 Å². The molecule has 1 saturated heterocycles. The molecular formula is C23H26N4O2. The molecule has 1 amide bonds. The fourth-order valence-electron chi connectivity index (χ4n) is 3.69. The van der Waals surface area contributed by atoms with Gasteiger partial charge in [0.15, 0.2) is 11.4 Å². The number of hydrogen-bond acceptors (Lipinski definition) is 4. The number of methoxy groups -OCH3 is 1. The molecule has 2 aromatic carbocycles. The van der Waals surface area contributed by atoms with Gasteiger partial charge in [0.1, 0.15) is 0 Å². The lowest BCUT2D eigenvalue weighted by Gasteiger charge is -2.21. The van der Waals surface area contributed by atoms with Gasteiger partial charge in [-0.3, -0.25) is 9.69 Å². The van der Waals surface area contributed by atoms with Gasteiger partial charge in [-0.25, -0.2) is 4.68 Å². The van der Waals surface area contributed by atoms with E-state index in [-0.39, 0.29) is 5.91 Å². The number of aromatic nitrogens is 2. The quantitative estimate of drug-likeness (QED) is 0.671. The summed E-state index contributed by atoms with van der Waals surface area (Å²) in [4.78, 5) is 17.5. The maximum Gasteiger partial charge on any atom is 0.278 e. The molecule has 150 valence electrons. The van der Waals surface area contributed by atoms with Crippen molar-refractivity contribution in [3.05, 3.63) is 78.1 Å². The number of hydrogen-bond donors (Lipinski definition) is 0. The van der Waals surface area contributed by atoms with Gasteiger partial charge in [0.2, 0.25) is 0 Å². The van der Waals surface area contributed by atoms with E-state index in [1.165, 1.54) is 5.56 Å². The summed E-state index contributed by atoms with van der Waals surface area (Å²) >= 11 is 0. The fraction of sp³-hybridized carbons (Fsp3) is 0.304. The highest BCUT2D eigenvalue weighted by atomic mass is 16.5. The Morgan fingerprint density at radius 3 is 2.41 bits per heavy atom. The molecule has 29 heavy (non-hydrogen) atoms. The van der Waals surface area contributed by atoms with Gasteiger partial charge in [0, 0.05) is 32.7 Å². The molecule has 1 aromatic heterocycles. The Balaban J connectivity index is 1.46. The van der Waals surface area contributed by atoms with Gasteiger partial charge in [0.05, 0.1) is 19.0 Å². The first-order chi connectivity index (χ1) is 14.2. The first-order valence-electron chi connectivity index (χ1n) is 9.99. The van der Waals surface area contributed by atoms with Gasteiger partial charge in [-0.2, -0.15) is 5.10 Å². The zero-order valence-electron chi connectivity index (χ0n) is 16.7. The molecule has 4 rings (SSSR count). The van der Waals surface area contributed by atoms with Crippen LogP contribution in [0.15, 0.2) is 66.9 Å². The number of rotatable bonds is 5. The van der Waals surface area contributed by atoms with Crippen molar-refractivity contribution >= 4 is 5.91 Å². The third-order valence-electron chi connectivity index (χ3n) is 5.25. The average molecular weight is 390 g/mol. The van der Waals surface area contributed by atoms with E-state index in [1.54, 1.807) is 18.0 Å². The lowest BCUT2D eigenvalue weighted by Crippen LogP contribution is -2.35. The van der Waals surface area contributed by atoms with Gasteiger partial charge in [-0.05, 0) is 24.1 Å². The van der Waals surface area contributed by atoms with Crippen LogP contribution in [0.5, 0.6) is 5.75 Å². The smallest absolute Gasteiger partial charge is 0.278 e. The lowest BCUT2D eigenvalue weighted by molar-refractivity contribution is 0.0751. The minimum Gasteiger partial charge on any atom is -0.493 e. The molecule has 0 spiro atoms. The molecule has 0 radical (unpaired) electrons. The molecular weight excluding hydrogens is 364 g/mol. The van der Waals surface area contributed by atoms with E-state index < -0.39 is 0 Å². The van der Waals surface area contributed by atoms with E-state index in [0.29, 0.717) is 18.0 Å². The second kappa shape index (κ2) is 8.92. The van der Waals surface area contributed by atoms with Gasteiger partial charge in [-0.15, -0.1) is 0 Å². The number of amides is 1. The lowest BCUT2D eigenvalue weighted by atomic mass is 10.2. The summed E-state index contributed by atoms with van der Waals surface area (Å²) in [6.07, 6.45) is 2.71. The van der Waals surface area contributed by atoms with Gasteiger partial charge in [0.25, 0.3) is 5.91 Å². The number of ether oxygens (including phenoxy) is 1. The topological polar surface area (TPSA) is 50.6 Å². The van der Waals surface area contributed by atoms with Crippen LogP contribution in [0.3, 0.4) is 0 Å². The SMILES string of the molecule is COc1cn(-c2ccccc2)nc1C(=O)N1CCCN(Cc2ccccc2)CC1. The summed E-state index contributed by atoms with van der Waals surface area (Å²) in [7, 11) is 1.58. The Hall–Kier alpha value is -3.12. The largest absolute Gasteiger partial charge is 0.493 e. The molecule has 3 aromatic rings. The molecule has 0 aliphatic carbocycles. The van der Waals surface area contributed by atoms with Crippen molar-refractivity contribution in [1.29, 1.82) is 0 Å². The van der Waals surface area contributed by atoms with E-state index in [4.69, 9.17) is 4.74 Å². The fourth-order valence-corrected chi connectivity index (χ4v) is 3.69. The number of carbonyl (C=O) groups excluding carboxylic acids is 1. The van der Waals surface area contributed by atoms with E-state index in [2.05, 4.69) is 34.3 Å². The van der Waals surface area contributed by atoms with Gasteiger partial charge in [-0.1, -0.05) is 48.5 Å². The van der Waals surface area contributed by atoms with Crippen molar-refractivity contribution in [2.75, 3.05) is 33.3 Å². The Morgan fingerprint density at radius 2 is 1.69 bits per heavy atom. The summed E-state index contributed by atoms with van der Waals surface area (Å²) in [5.74, 6) is 0.433. The predicted molar refractivity (Wildman–Crippen MR) is 112 cm³/mol. The van der Waals surface area contributed by atoms with E-state index in [9.17, 15) is 4.79 Å². The monoisotopic (exact) mass is 390 g/mol. The maximum absolute atomic E-state index is 13.2. The van der Waals surface area contributed by atoms with Gasteiger partial charge >= 0.3 is 0 Å². The van der Waals surface area contributed by atoms with E-state index in [0.717, 1.165) is 38.3 Å². The Kier molecular flexibility index (Phi) is 5.91. The minimum absolute atomic E-state index is 0.0712. The molecule has 1 aliphatic heterocycles. The molecule has 0 saturated carbocycles. The highest BCUT2D eigenvalue weighted by Crippen LogP contribution is 2.22. The number of benzene rings is 2. The highest BCUT2D eigenvalue weighted by molar-refractivity contribution is 5.95. The zero-order chi connectivity index (χ0) is 20.1. The summed E-state index contributed by atoms with van der Waals surface area (Å²) in [6, 6.07) is 20.2. The first kappa shape index (κ1) is 19.2. The number of nitrogens with zero attached hydrogens (tertiary/aromatic N) is 4. The summed E-state index contributed by atoms with van der Waals surface area (Å²) < 4.78 is 7.15. The summed E-state index contributed by atoms with van der Waals surface area (Å²) in [5.41, 5.74) is 2.57. The molecule has 6 nitrogen and oxygen atoms in total. The molecule has 0 N–H and O–H groups in total. The number of para-hydroxylation sites is 1. The van der Waals surface area contributed by atoms with Crippen molar-refractivity contribution in [3.63, 3.8) is 0 Å². The van der Waals surface area contributed by atoms with Crippen molar-refractivity contribution < 1.29 is 9.53 Å². The summed E-state index contributed by atoms with van der Waals surface area (Å²) in [5, 5.41) is 4.53.